The van der Waals surface area contributed by atoms with Crippen molar-refractivity contribution in [2.24, 2.45) is 0 Å². The summed E-state index contributed by atoms with van der Waals surface area (Å²) < 4.78 is 0. The Kier molecular flexibility index (Phi) is 2.52. The van der Waals surface area contributed by atoms with Crippen LogP contribution in [0.25, 0.3) is 0 Å². The molecule has 0 radical (unpaired) electrons. The maximum absolute atomic E-state index is 11.2. The number of piperidine rings is 1. The normalized spacial score (nSPS) is 25.1. The molecule has 1 spiro atoms. The van der Waals surface area contributed by atoms with Gasteiger partial charge in [0.25, 0.3) is 0 Å². The number of nitrogens with zero attached hydrogens (tertiary/aromatic N) is 1. The van der Waals surface area contributed by atoms with E-state index in [1.807, 2.05) is 0 Å². The fourth-order valence-electron chi connectivity index (χ4n) is 2.23. The van der Waals surface area contributed by atoms with Crippen molar-refractivity contribution in [3.63, 3.8) is 0 Å². The second-order valence-electron chi connectivity index (χ2n) is 4.20. The van der Waals surface area contributed by atoms with Gasteiger partial charge in [-0.3, -0.25) is 4.79 Å². The number of hydrogen-bond donors (Lipinski definition) is 3. The highest BCUT2D eigenvalue weighted by Crippen LogP contribution is 2.23. The van der Waals surface area contributed by atoms with Gasteiger partial charge in [0.1, 0.15) is 0 Å². The highest BCUT2D eigenvalue weighted by atomic mass is 16.4. The molecule has 2 amide bonds. The molecular weight excluding hydrogens is 198 g/mol. The summed E-state index contributed by atoms with van der Waals surface area (Å²) in [7, 11) is 0. The van der Waals surface area contributed by atoms with Crippen molar-refractivity contribution in [1.82, 2.24) is 15.5 Å². The minimum Gasteiger partial charge on any atom is -0.465 e. The molecule has 0 aliphatic carbocycles. The number of likely N-dealkylation sites (tertiary alicyclic amines) is 1. The molecule has 2 heterocycles. The van der Waals surface area contributed by atoms with Crippen LogP contribution in [0.1, 0.15) is 12.8 Å². The predicted molar refractivity (Wildman–Crippen MR) is 52.6 cm³/mol. The molecule has 0 aromatic heterocycles. The topological polar surface area (TPSA) is 81.7 Å². The van der Waals surface area contributed by atoms with Gasteiger partial charge in [-0.05, 0) is 12.8 Å². The van der Waals surface area contributed by atoms with Crippen molar-refractivity contribution in [3.8, 4) is 0 Å². The van der Waals surface area contributed by atoms with Crippen LogP contribution < -0.4 is 10.6 Å². The molecule has 2 saturated heterocycles. The monoisotopic (exact) mass is 213 g/mol. The quantitative estimate of drug-likeness (QED) is 0.493. The number of carbonyl (C=O) groups excluding carboxylic acids is 1. The SMILES string of the molecule is O=C1CNCC2(CCN(C(=O)O)CC2)N1. The Hall–Kier alpha value is -1.30. The maximum atomic E-state index is 11.2. The molecule has 2 aliphatic heterocycles. The van der Waals surface area contributed by atoms with Gasteiger partial charge < -0.3 is 20.6 Å². The largest absolute Gasteiger partial charge is 0.465 e. The zero-order valence-electron chi connectivity index (χ0n) is 8.45. The Morgan fingerprint density at radius 2 is 2.07 bits per heavy atom. The molecule has 0 aromatic carbocycles. The van der Waals surface area contributed by atoms with Crippen LogP contribution >= 0.6 is 0 Å². The number of piperazine rings is 1. The van der Waals surface area contributed by atoms with Gasteiger partial charge in [0, 0.05) is 19.6 Å². The molecule has 2 fully saturated rings. The molecule has 2 rings (SSSR count). The van der Waals surface area contributed by atoms with Crippen LogP contribution in [0, 0.1) is 0 Å². The van der Waals surface area contributed by atoms with E-state index in [1.165, 1.54) is 4.90 Å². The van der Waals surface area contributed by atoms with Crippen molar-refractivity contribution >= 4 is 12.0 Å². The van der Waals surface area contributed by atoms with Crippen molar-refractivity contribution in [1.29, 1.82) is 0 Å². The predicted octanol–water partition coefficient (Wildman–Crippen LogP) is -0.782. The van der Waals surface area contributed by atoms with Gasteiger partial charge in [-0.15, -0.1) is 0 Å². The zero-order chi connectivity index (χ0) is 10.9. The smallest absolute Gasteiger partial charge is 0.407 e. The minimum atomic E-state index is -0.875. The summed E-state index contributed by atoms with van der Waals surface area (Å²) in [6, 6.07) is 0. The molecular formula is C9H15N3O3. The van der Waals surface area contributed by atoms with E-state index in [-0.39, 0.29) is 11.4 Å². The van der Waals surface area contributed by atoms with E-state index in [4.69, 9.17) is 5.11 Å². The van der Waals surface area contributed by atoms with Gasteiger partial charge in [-0.2, -0.15) is 0 Å². The average molecular weight is 213 g/mol. The number of rotatable bonds is 0. The zero-order valence-corrected chi connectivity index (χ0v) is 8.45. The second kappa shape index (κ2) is 3.69. The van der Waals surface area contributed by atoms with Crippen LogP contribution in [0.3, 0.4) is 0 Å². The second-order valence-corrected chi connectivity index (χ2v) is 4.20. The van der Waals surface area contributed by atoms with Crippen LogP contribution in [0.15, 0.2) is 0 Å². The van der Waals surface area contributed by atoms with E-state index in [9.17, 15) is 9.59 Å². The standard InChI is InChI=1S/C9H15N3O3/c13-7-5-10-6-9(11-7)1-3-12(4-2-9)8(14)15/h10H,1-6H2,(H,11,13)(H,14,15). The fraction of sp³-hybridized carbons (Fsp3) is 0.778. The first-order valence-electron chi connectivity index (χ1n) is 5.11. The highest BCUT2D eigenvalue weighted by Gasteiger charge is 2.38. The fourth-order valence-corrected chi connectivity index (χ4v) is 2.23. The molecule has 6 heteroatoms. The van der Waals surface area contributed by atoms with Gasteiger partial charge in [-0.1, -0.05) is 0 Å². The molecule has 3 N–H and O–H groups in total. The van der Waals surface area contributed by atoms with Gasteiger partial charge in [0.2, 0.25) is 5.91 Å². The lowest BCUT2D eigenvalue weighted by Crippen LogP contribution is -2.65. The van der Waals surface area contributed by atoms with E-state index in [0.717, 1.165) is 6.54 Å². The van der Waals surface area contributed by atoms with E-state index in [1.54, 1.807) is 0 Å². The molecule has 0 saturated carbocycles. The van der Waals surface area contributed by atoms with E-state index >= 15 is 0 Å². The van der Waals surface area contributed by atoms with Crippen LogP contribution in [0.5, 0.6) is 0 Å². The third-order valence-electron chi connectivity index (χ3n) is 3.14. The van der Waals surface area contributed by atoms with Gasteiger partial charge in [-0.25, -0.2) is 4.79 Å². The Morgan fingerprint density at radius 3 is 2.60 bits per heavy atom. The lowest BCUT2D eigenvalue weighted by molar-refractivity contribution is -0.124. The summed E-state index contributed by atoms with van der Waals surface area (Å²) >= 11 is 0. The number of amides is 2. The first-order chi connectivity index (χ1) is 7.11. The Labute approximate surface area is 87.6 Å². The summed E-state index contributed by atoms with van der Waals surface area (Å²) in [6.45, 7) is 2.10. The summed E-state index contributed by atoms with van der Waals surface area (Å²) in [5.41, 5.74) is -0.221. The van der Waals surface area contributed by atoms with Gasteiger partial charge >= 0.3 is 6.09 Å². The van der Waals surface area contributed by atoms with E-state index in [2.05, 4.69) is 10.6 Å². The van der Waals surface area contributed by atoms with Crippen LogP contribution in [-0.2, 0) is 4.79 Å². The lowest BCUT2D eigenvalue weighted by atomic mass is 9.86. The summed E-state index contributed by atoms with van der Waals surface area (Å²) in [5, 5.41) is 14.8. The Morgan fingerprint density at radius 1 is 1.40 bits per heavy atom. The summed E-state index contributed by atoms with van der Waals surface area (Å²) in [5.74, 6) is 0.00465. The van der Waals surface area contributed by atoms with Crippen LogP contribution in [-0.4, -0.2) is 53.7 Å². The Bertz CT molecular complexity index is 284. The van der Waals surface area contributed by atoms with E-state index in [0.29, 0.717) is 32.5 Å². The molecule has 15 heavy (non-hydrogen) atoms. The Balaban J connectivity index is 1.96. The van der Waals surface area contributed by atoms with Gasteiger partial charge in [0.05, 0.1) is 12.1 Å². The molecule has 0 bridgehead atoms. The third kappa shape index (κ3) is 2.04. The molecule has 84 valence electrons. The number of carbonyl (C=O) groups is 2. The summed E-state index contributed by atoms with van der Waals surface area (Å²) in [4.78, 5) is 23.4. The lowest BCUT2D eigenvalue weighted by Gasteiger charge is -2.43. The maximum Gasteiger partial charge on any atom is 0.407 e. The first kappa shape index (κ1) is 10.2. The first-order valence-corrected chi connectivity index (χ1v) is 5.11. The molecule has 0 unspecified atom stereocenters. The minimum absolute atomic E-state index is 0.00465. The highest BCUT2D eigenvalue weighted by molar-refractivity contribution is 5.80. The van der Waals surface area contributed by atoms with E-state index < -0.39 is 6.09 Å². The molecule has 2 aliphatic rings. The molecule has 6 nitrogen and oxygen atoms in total. The molecule has 0 atom stereocenters. The third-order valence-corrected chi connectivity index (χ3v) is 3.14. The van der Waals surface area contributed by atoms with Crippen molar-refractivity contribution < 1.29 is 14.7 Å². The van der Waals surface area contributed by atoms with Crippen molar-refractivity contribution in [3.05, 3.63) is 0 Å². The summed E-state index contributed by atoms with van der Waals surface area (Å²) in [6.07, 6.45) is 0.510. The van der Waals surface area contributed by atoms with Crippen LogP contribution in [0.4, 0.5) is 4.79 Å². The molecule has 0 aromatic rings. The average Bonchev–Trinajstić information content (AvgIpc) is 2.18. The van der Waals surface area contributed by atoms with Crippen molar-refractivity contribution in [2.45, 2.75) is 18.4 Å². The van der Waals surface area contributed by atoms with Crippen LogP contribution in [0.2, 0.25) is 0 Å². The van der Waals surface area contributed by atoms with Crippen molar-refractivity contribution in [2.75, 3.05) is 26.2 Å². The number of hydrogen-bond acceptors (Lipinski definition) is 3. The number of carboxylic acid groups (broad SMARTS) is 1. The number of nitrogens with one attached hydrogen (secondary N) is 2. The van der Waals surface area contributed by atoms with Gasteiger partial charge in [0.15, 0.2) is 0 Å².